The molecular formula is C16H18O2S. The van der Waals surface area contributed by atoms with Gasteiger partial charge < -0.3 is 0 Å². The van der Waals surface area contributed by atoms with Gasteiger partial charge in [-0.25, -0.2) is 8.42 Å². The van der Waals surface area contributed by atoms with Crippen molar-refractivity contribution in [1.29, 1.82) is 0 Å². The van der Waals surface area contributed by atoms with Gasteiger partial charge in [-0.05, 0) is 48.2 Å². The molecule has 2 rings (SSSR count). The van der Waals surface area contributed by atoms with Crippen molar-refractivity contribution in [1.82, 2.24) is 0 Å². The average molecular weight is 274 g/mol. The molecule has 19 heavy (non-hydrogen) atoms. The summed E-state index contributed by atoms with van der Waals surface area (Å²) >= 11 is 0. The molecule has 2 aromatic carbocycles. The second-order valence-electron chi connectivity index (χ2n) is 5.05. The first-order valence-corrected chi connectivity index (χ1v) is 7.81. The fourth-order valence-corrected chi connectivity index (χ4v) is 3.38. The smallest absolute Gasteiger partial charge is 0.206 e. The van der Waals surface area contributed by atoms with Gasteiger partial charge in [0.05, 0.1) is 9.79 Å². The molecule has 0 spiro atoms. The van der Waals surface area contributed by atoms with Crippen LogP contribution < -0.4 is 0 Å². The van der Waals surface area contributed by atoms with Crippen LogP contribution in [-0.4, -0.2) is 8.42 Å². The van der Waals surface area contributed by atoms with Gasteiger partial charge in [-0.15, -0.1) is 0 Å². The number of sulfone groups is 1. The summed E-state index contributed by atoms with van der Waals surface area (Å²) in [5.41, 5.74) is 1.98. The Bertz CT molecular complexity index is 685. The van der Waals surface area contributed by atoms with Crippen LogP contribution in [0.4, 0.5) is 0 Å². The van der Waals surface area contributed by atoms with Gasteiger partial charge >= 0.3 is 0 Å². The van der Waals surface area contributed by atoms with Crippen LogP contribution in [0.5, 0.6) is 0 Å². The van der Waals surface area contributed by atoms with Crippen LogP contribution in [0, 0.1) is 6.92 Å². The lowest BCUT2D eigenvalue weighted by Gasteiger charge is -2.09. The summed E-state index contributed by atoms with van der Waals surface area (Å²) in [7, 11) is -3.42. The lowest BCUT2D eigenvalue weighted by molar-refractivity contribution is 0.595. The monoisotopic (exact) mass is 274 g/mol. The number of hydrogen-bond acceptors (Lipinski definition) is 2. The number of hydrogen-bond donors (Lipinski definition) is 0. The zero-order valence-corrected chi connectivity index (χ0v) is 12.2. The Labute approximate surface area is 115 Å². The summed E-state index contributed by atoms with van der Waals surface area (Å²) in [5.74, 6) is 0.313. The van der Waals surface area contributed by atoms with Crippen molar-refractivity contribution in [3.05, 3.63) is 59.7 Å². The van der Waals surface area contributed by atoms with Crippen molar-refractivity contribution < 1.29 is 8.42 Å². The van der Waals surface area contributed by atoms with E-state index in [1.165, 1.54) is 0 Å². The molecule has 0 aliphatic carbocycles. The molecule has 0 radical (unpaired) electrons. The fourth-order valence-electron chi connectivity index (χ4n) is 1.96. The van der Waals surface area contributed by atoms with Gasteiger partial charge in [0, 0.05) is 0 Å². The molecule has 0 aliphatic rings. The fraction of sp³-hybridized carbons (Fsp3) is 0.250. The van der Waals surface area contributed by atoms with Crippen LogP contribution in [0.1, 0.15) is 30.9 Å². The van der Waals surface area contributed by atoms with Gasteiger partial charge in [-0.3, -0.25) is 0 Å². The molecule has 2 nitrogen and oxygen atoms in total. The third-order valence-corrected chi connectivity index (χ3v) is 4.88. The number of aryl methyl sites for hydroxylation is 1. The maximum absolute atomic E-state index is 12.6. The Balaban J connectivity index is 2.54. The first-order chi connectivity index (χ1) is 8.91. The summed E-state index contributed by atoms with van der Waals surface area (Å²) < 4.78 is 25.1. The molecule has 0 aromatic heterocycles. The van der Waals surface area contributed by atoms with Crippen molar-refractivity contribution in [3.8, 4) is 0 Å². The molecule has 0 heterocycles. The number of benzene rings is 2. The van der Waals surface area contributed by atoms with Gasteiger partial charge in [-0.1, -0.05) is 38.1 Å². The lowest BCUT2D eigenvalue weighted by atomic mass is 10.0. The van der Waals surface area contributed by atoms with Crippen LogP contribution in [0.15, 0.2) is 58.3 Å². The van der Waals surface area contributed by atoms with Crippen LogP contribution in [0.3, 0.4) is 0 Å². The molecule has 2 aromatic rings. The average Bonchev–Trinajstić information content (AvgIpc) is 2.39. The molecule has 0 atom stereocenters. The van der Waals surface area contributed by atoms with Crippen molar-refractivity contribution in [2.75, 3.05) is 0 Å². The molecule has 100 valence electrons. The molecule has 0 saturated heterocycles. The SMILES string of the molecule is Cc1cccc(S(=O)(=O)c2cccc(C(C)C)c2)c1. The van der Waals surface area contributed by atoms with Crippen molar-refractivity contribution in [2.24, 2.45) is 0 Å². The first kappa shape index (κ1) is 13.8. The predicted octanol–water partition coefficient (Wildman–Crippen LogP) is 3.95. The molecule has 0 saturated carbocycles. The Morgan fingerprint density at radius 2 is 1.47 bits per heavy atom. The zero-order valence-electron chi connectivity index (χ0n) is 11.4. The molecule has 3 heteroatoms. The van der Waals surface area contributed by atoms with Gasteiger partial charge in [0.25, 0.3) is 0 Å². The highest BCUT2D eigenvalue weighted by Gasteiger charge is 2.18. The van der Waals surface area contributed by atoms with Crippen molar-refractivity contribution in [3.63, 3.8) is 0 Å². The van der Waals surface area contributed by atoms with Crippen molar-refractivity contribution in [2.45, 2.75) is 36.5 Å². The normalized spacial score (nSPS) is 11.8. The van der Waals surface area contributed by atoms with Gasteiger partial charge in [0.1, 0.15) is 0 Å². The van der Waals surface area contributed by atoms with Gasteiger partial charge in [-0.2, -0.15) is 0 Å². The summed E-state index contributed by atoms with van der Waals surface area (Å²) in [5, 5.41) is 0. The van der Waals surface area contributed by atoms with E-state index >= 15 is 0 Å². The standard InChI is InChI=1S/C16H18O2S/c1-12(2)14-7-5-9-16(11-14)19(17,18)15-8-4-6-13(3)10-15/h4-12H,1-3H3. The second-order valence-corrected chi connectivity index (χ2v) is 7.00. The van der Waals surface area contributed by atoms with Crippen molar-refractivity contribution >= 4 is 9.84 Å². The lowest BCUT2D eigenvalue weighted by Crippen LogP contribution is -2.03. The Kier molecular flexibility index (Phi) is 3.76. The first-order valence-electron chi connectivity index (χ1n) is 6.33. The maximum Gasteiger partial charge on any atom is 0.206 e. The van der Waals surface area contributed by atoms with Gasteiger partial charge in [0.2, 0.25) is 9.84 Å². The van der Waals surface area contributed by atoms with E-state index in [1.807, 2.05) is 19.1 Å². The Morgan fingerprint density at radius 3 is 2.05 bits per heavy atom. The molecule has 0 aliphatic heterocycles. The quantitative estimate of drug-likeness (QED) is 0.849. The van der Waals surface area contributed by atoms with E-state index in [-0.39, 0.29) is 0 Å². The highest BCUT2D eigenvalue weighted by atomic mass is 32.2. The predicted molar refractivity (Wildman–Crippen MR) is 77.2 cm³/mol. The summed E-state index contributed by atoms with van der Waals surface area (Å²) in [6.45, 7) is 6.00. The molecule has 0 unspecified atom stereocenters. The van der Waals surface area contributed by atoms with Gasteiger partial charge in [0.15, 0.2) is 0 Å². The second kappa shape index (κ2) is 5.17. The maximum atomic E-state index is 12.6. The minimum atomic E-state index is -3.42. The van der Waals surface area contributed by atoms with E-state index in [0.717, 1.165) is 11.1 Å². The highest BCUT2D eigenvalue weighted by molar-refractivity contribution is 7.91. The molecular weight excluding hydrogens is 256 g/mol. The third-order valence-electron chi connectivity index (χ3n) is 3.13. The molecule has 0 N–H and O–H groups in total. The molecule has 0 fully saturated rings. The topological polar surface area (TPSA) is 34.1 Å². The third kappa shape index (κ3) is 2.87. The number of rotatable bonds is 3. The van der Waals surface area contributed by atoms with E-state index in [1.54, 1.807) is 36.4 Å². The van der Waals surface area contributed by atoms with Crippen LogP contribution >= 0.6 is 0 Å². The minimum Gasteiger partial charge on any atom is -0.219 e. The summed E-state index contributed by atoms with van der Waals surface area (Å²) in [6, 6.07) is 14.2. The largest absolute Gasteiger partial charge is 0.219 e. The van der Waals surface area contributed by atoms with E-state index in [4.69, 9.17) is 0 Å². The van der Waals surface area contributed by atoms with E-state index in [0.29, 0.717) is 15.7 Å². The van der Waals surface area contributed by atoms with E-state index in [9.17, 15) is 8.42 Å². The van der Waals surface area contributed by atoms with E-state index < -0.39 is 9.84 Å². The van der Waals surface area contributed by atoms with Crippen LogP contribution in [0.25, 0.3) is 0 Å². The summed E-state index contributed by atoms with van der Waals surface area (Å²) in [6.07, 6.45) is 0. The zero-order chi connectivity index (χ0) is 14.0. The Hall–Kier alpha value is -1.61. The van der Waals surface area contributed by atoms with Crippen LogP contribution in [-0.2, 0) is 9.84 Å². The molecule has 0 bridgehead atoms. The summed E-state index contributed by atoms with van der Waals surface area (Å²) in [4.78, 5) is 0.720. The minimum absolute atomic E-state index is 0.313. The Morgan fingerprint density at radius 1 is 0.895 bits per heavy atom. The van der Waals surface area contributed by atoms with E-state index in [2.05, 4.69) is 13.8 Å². The van der Waals surface area contributed by atoms with Crippen LogP contribution in [0.2, 0.25) is 0 Å². The molecule has 0 amide bonds. The highest BCUT2D eigenvalue weighted by Crippen LogP contribution is 2.24.